The van der Waals surface area contributed by atoms with Crippen LogP contribution in [0.2, 0.25) is 0 Å². The Balaban J connectivity index is 2.69. The van der Waals surface area contributed by atoms with Crippen LogP contribution in [0.3, 0.4) is 0 Å². The summed E-state index contributed by atoms with van der Waals surface area (Å²) < 4.78 is 3.19. The number of rotatable bonds is 2. The van der Waals surface area contributed by atoms with Crippen molar-refractivity contribution in [2.75, 3.05) is 6.26 Å². The molecule has 0 amide bonds. The number of carbonyl (C=O) groups excluding carboxylic acids is 1. The Labute approximate surface area is 98.6 Å². The lowest BCUT2D eigenvalue weighted by atomic mass is 10.0. The van der Waals surface area contributed by atoms with Crippen molar-refractivity contribution in [3.8, 4) is 0 Å². The van der Waals surface area contributed by atoms with Crippen molar-refractivity contribution in [2.24, 2.45) is 5.92 Å². The van der Waals surface area contributed by atoms with Gasteiger partial charge in [0.1, 0.15) is 0 Å². The normalized spacial score (nSPS) is 23.9. The van der Waals surface area contributed by atoms with Crippen LogP contribution < -0.4 is 5.56 Å². The summed E-state index contributed by atoms with van der Waals surface area (Å²) in [6, 6.07) is 0.0797. The fraction of sp³-hybridized carbons (Fsp3) is 0.636. The van der Waals surface area contributed by atoms with Gasteiger partial charge in [0.15, 0.2) is 0 Å². The van der Waals surface area contributed by atoms with Crippen LogP contribution >= 0.6 is 11.8 Å². The first kappa shape index (κ1) is 11.5. The van der Waals surface area contributed by atoms with Crippen LogP contribution in [0.15, 0.2) is 4.79 Å². The molecule has 2 heterocycles. The first-order chi connectivity index (χ1) is 7.50. The lowest BCUT2D eigenvalue weighted by Crippen LogP contribution is -2.25. The molecule has 0 radical (unpaired) electrons. The molecule has 88 valence electrons. The van der Waals surface area contributed by atoms with Crippen molar-refractivity contribution in [3.63, 3.8) is 0 Å². The highest BCUT2D eigenvalue weighted by Gasteiger charge is 2.37. The molecule has 0 bridgehead atoms. The lowest BCUT2D eigenvalue weighted by molar-refractivity contribution is 0.0861. The zero-order chi connectivity index (χ0) is 12.0. The molecule has 5 heteroatoms. The Morgan fingerprint density at radius 1 is 1.31 bits per heavy atom. The molecule has 4 nitrogen and oxygen atoms in total. The Bertz CT molecular complexity index is 501. The molecule has 0 aliphatic carbocycles. The van der Waals surface area contributed by atoms with Gasteiger partial charge in [0.2, 0.25) is 0 Å². The second-order valence-electron chi connectivity index (χ2n) is 4.33. The fourth-order valence-corrected chi connectivity index (χ4v) is 2.85. The second-order valence-corrected chi connectivity index (χ2v) is 5.20. The summed E-state index contributed by atoms with van der Waals surface area (Å²) in [6.07, 6.45) is 2.00. The molecule has 0 N–H and O–H groups in total. The van der Waals surface area contributed by atoms with Crippen molar-refractivity contribution in [3.05, 3.63) is 21.6 Å². The van der Waals surface area contributed by atoms with E-state index in [2.05, 4.69) is 0 Å². The average molecular weight is 240 g/mol. The third-order valence-electron chi connectivity index (χ3n) is 3.43. The first-order valence-electron chi connectivity index (χ1n) is 5.36. The van der Waals surface area contributed by atoms with Crippen LogP contribution in [0, 0.1) is 12.8 Å². The van der Waals surface area contributed by atoms with E-state index in [9.17, 15) is 9.59 Å². The van der Waals surface area contributed by atoms with Gasteiger partial charge in [0, 0.05) is 11.3 Å². The molecule has 16 heavy (non-hydrogen) atoms. The largest absolute Gasteiger partial charge is 0.277 e. The average Bonchev–Trinajstić information content (AvgIpc) is 2.62. The van der Waals surface area contributed by atoms with E-state index in [1.807, 2.05) is 24.8 Å². The van der Waals surface area contributed by atoms with Gasteiger partial charge in [0.05, 0.1) is 17.7 Å². The van der Waals surface area contributed by atoms with Gasteiger partial charge in [0.25, 0.3) is 11.5 Å². The van der Waals surface area contributed by atoms with Crippen LogP contribution in [0.4, 0.5) is 0 Å². The Kier molecular flexibility index (Phi) is 2.74. The Hall–Kier alpha value is -0.970. The predicted octanol–water partition coefficient (Wildman–Crippen LogP) is 1.67. The highest BCUT2D eigenvalue weighted by Crippen LogP contribution is 2.29. The zero-order valence-corrected chi connectivity index (χ0v) is 10.8. The monoisotopic (exact) mass is 240 g/mol. The molecular weight excluding hydrogens is 224 g/mol. The third-order valence-corrected chi connectivity index (χ3v) is 3.99. The van der Waals surface area contributed by atoms with Gasteiger partial charge in [-0.05, 0) is 20.1 Å². The van der Waals surface area contributed by atoms with Crippen molar-refractivity contribution in [2.45, 2.75) is 32.6 Å². The van der Waals surface area contributed by atoms with Gasteiger partial charge in [-0.1, -0.05) is 6.92 Å². The maximum absolute atomic E-state index is 12.0. The highest BCUT2D eigenvalue weighted by molar-refractivity contribution is 7.97. The molecule has 1 aromatic heterocycles. The van der Waals surface area contributed by atoms with E-state index in [0.717, 1.165) is 11.4 Å². The number of hydrogen-bond donors (Lipinski definition) is 0. The molecule has 1 aliphatic rings. The Morgan fingerprint density at radius 2 is 1.94 bits per heavy atom. The quantitative estimate of drug-likeness (QED) is 0.790. The molecular formula is C11H16N2O2S. The molecule has 0 fully saturated rings. The summed E-state index contributed by atoms with van der Waals surface area (Å²) in [5.74, 6) is 0.597. The second kappa shape index (κ2) is 3.80. The van der Waals surface area contributed by atoms with E-state index in [4.69, 9.17) is 0 Å². The van der Waals surface area contributed by atoms with E-state index in [1.165, 1.54) is 4.68 Å². The fourth-order valence-electron chi connectivity index (χ4n) is 2.23. The van der Waals surface area contributed by atoms with Gasteiger partial charge >= 0.3 is 0 Å². The number of thioether (sulfide) groups is 1. The van der Waals surface area contributed by atoms with Crippen molar-refractivity contribution < 1.29 is 4.79 Å². The van der Waals surface area contributed by atoms with Crippen LogP contribution in [-0.2, 0) is 5.75 Å². The lowest BCUT2D eigenvalue weighted by Gasteiger charge is -2.12. The molecule has 0 spiro atoms. The summed E-state index contributed by atoms with van der Waals surface area (Å²) in [5.41, 5.74) is 1.55. The van der Waals surface area contributed by atoms with E-state index in [-0.39, 0.29) is 23.4 Å². The number of fused-ring (bicyclic) bond motifs is 1. The first-order valence-corrected chi connectivity index (χ1v) is 6.76. The number of hydrogen-bond acceptors (Lipinski definition) is 3. The van der Waals surface area contributed by atoms with Gasteiger partial charge < -0.3 is 0 Å². The molecule has 0 aromatic carbocycles. The minimum Gasteiger partial charge on any atom is -0.275 e. The van der Waals surface area contributed by atoms with Crippen LogP contribution in [0.5, 0.6) is 0 Å². The van der Waals surface area contributed by atoms with Gasteiger partial charge in [-0.25, -0.2) is 0 Å². The van der Waals surface area contributed by atoms with Crippen LogP contribution in [0.1, 0.15) is 35.9 Å². The molecule has 0 saturated carbocycles. The summed E-state index contributed by atoms with van der Waals surface area (Å²) in [5, 5.41) is 0. The summed E-state index contributed by atoms with van der Waals surface area (Å²) in [6.45, 7) is 5.68. The van der Waals surface area contributed by atoms with Crippen LogP contribution in [0.25, 0.3) is 0 Å². The summed E-state index contributed by atoms with van der Waals surface area (Å²) in [4.78, 5) is 23.9. The van der Waals surface area contributed by atoms with E-state index in [1.54, 1.807) is 18.7 Å². The summed E-state index contributed by atoms with van der Waals surface area (Å²) >= 11 is 1.67. The molecule has 2 unspecified atom stereocenters. The van der Waals surface area contributed by atoms with Crippen LogP contribution in [-0.4, -0.2) is 21.5 Å². The smallest absolute Gasteiger partial charge is 0.275 e. The minimum absolute atomic E-state index is 0.0760. The van der Waals surface area contributed by atoms with E-state index >= 15 is 0 Å². The van der Waals surface area contributed by atoms with Gasteiger partial charge in [-0.2, -0.15) is 16.4 Å². The number of carbonyl (C=O) groups is 1. The summed E-state index contributed by atoms with van der Waals surface area (Å²) in [7, 11) is 0. The predicted molar refractivity (Wildman–Crippen MR) is 65.1 cm³/mol. The maximum atomic E-state index is 12.0. The zero-order valence-electron chi connectivity index (χ0n) is 9.98. The van der Waals surface area contributed by atoms with Crippen molar-refractivity contribution in [1.29, 1.82) is 0 Å². The maximum Gasteiger partial charge on any atom is 0.277 e. The van der Waals surface area contributed by atoms with Gasteiger partial charge in [-0.3, -0.25) is 14.3 Å². The van der Waals surface area contributed by atoms with Gasteiger partial charge in [-0.15, -0.1) is 0 Å². The van der Waals surface area contributed by atoms with E-state index < -0.39 is 0 Å². The highest BCUT2D eigenvalue weighted by atomic mass is 32.2. The number of nitrogens with zero attached hydrogens (tertiary/aromatic N) is 2. The SMILES string of the molecule is CSCc1c(C)c(=O)n2n1C(C)C(C)C2=O. The molecule has 2 atom stereocenters. The third kappa shape index (κ3) is 1.30. The topological polar surface area (TPSA) is 44.0 Å². The minimum atomic E-state index is -0.148. The Morgan fingerprint density at radius 3 is 2.50 bits per heavy atom. The molecule has 2 rings (SSSR count). The standard InChI is InChI=1S/C11H16N2O2S/c1-6-8(3)12-9(5-16-4)7(2)11(15)13(12)10(6)14/h6,8H,5H2,1-4H3. The van der Waals surface area contributed by atoms with E-state index in [0.29, 0.717) is 5.56 Å². The number of aromatic nitrogens is 2. The van der Waals surface area contributed by atoms with Crippen molar-refractivity contribution in [1.82, 2.24) is 9.36 Å². The molecule has 1 aromatic rings. The van der Waals surface area contributed by atoms with Crippen molar-refractivity contribution >= 4 is 17.7 Å². The molecule has 1 aliphatic heterocycles. The molecule has 0 saturated heterocycles.